The molecule has 0 saturated heterocycles. The van der Waals surface area contributed by atoms with Crippen LogP contribution in [0.3, 0.4) is 0 Å². The lowest BCUT2D eigenvalue weighted by Crippen LogP contribution is -2.36. The molecule has 212 valence electrons. The third kappa shape index (κ3) is 6.56. The molecule has 0 bridgehead atoms. The molecule has 0 spiro atoms. The molecule has 0 fully saturated rings. The summed E-state index contributed by atoms with van der Waals surface area (Å²) in [4.78, 5) is 15.2. The number of hydrogen-bond donors (Lipinski definition) is 2. The first kappa shape index (κ1) is 29.1. The first-order chi connectivity index (χ1) is 19.7. The van der Waals surface area contributed by atoms with Gasteiger partial charge in [-0.05, 0) is 60.4 Å². The zero-order chi connectivity index (χ0) is 29.1. The number of fused-ring (bicyclic) bond motifs is 2. The number of thioether (sulfide) groups is 1. The van der Waals surface area contributed by atoms with Gasteiger partial charge in [-0.15, -0.1) is 0 Å². The highest BCUT2D eigenvalue weighted by atomic mass is 32.2. The minimum atomic E-state index is -4.10. The lowest BCUT2D eigenvalue weighted by molar-refractivity contribution is -0.668. The van der Waals surface area contributed by atoms with E-state index in [0.29, 0.717) is 6.54 Å². The number of rotatable bonds is 10. The Bertz CT molecular complexity index is 1780. The molecule has 0 radical (unpaired) electrons. The summed E-state index contributed by atoms with van der Waals surface area (Å²) >= 11 is 3.27. The molecule has 3 aromatic carbocycles. The third-order valence-corrected chi connectivity index (χ3v) is 9.97. The van der Waals surface area contributed by atoms with Gasteiger partial charge in [0.2, 0.25) is 5.52 Å². The van der Waals surface area contributed by atoms with Gasteiger partial charge in [0, 0.05) is 30.0 Å². The van der Waals surface area contributed by atoms with E-state index in [0.717, 1.165) is 38.8 Å². The monoisotopic (exact) mass is 607 g/mol. The number of allylic oxidation sites excluding steroid dienone is 2. The van der Waals surface area contributed by atoms with Crippen molar-refractivity contribution in [3.05, 3.63) is 94.0 Å². The summed E-state index contributed by atoms with van der Waals surface area (Å²) < 4.78 is 34.8. The van der Waals surface area contributed by atoms with Crippen molar-refractivity contribution in [1.82, 2.24) is 0 Å². The number of nitrogens with zero attached hydrogens (tertiary/aromatic N) is 2. The van der Waals surface area contributed by atoms with E-state index in [2.05, 4.69) is 61.2 Å². The summed E-state index contributed by atoms with van der Waals surface area (Å²) in [5, 5.41) is 11.5. The molecule has 10 heteroatoms. The molecule has 0 aliphatic carbocycles. The van der Waals surface area contributed by atoms with Gasteiger partial charge in [-0.1, -0.05) is 66.4 Å². The van der Waals surface area contributed by atoms with E-state index in [9.17, 15) is 22.9 Å². The van der Waals surface area contributed by atoms with Crippen LogP contribution in [0, 0.1) is 0 Å². The van der Waals surface area contributed by atoms with Gasteiger partial charge >= 0.3 is 5.97 Å². The maximum Gasteiger partial charge on any atom is 0.335 e. The van der Waals surface area contributed by atoms with Crippen LogP contribution in [0.25, 0.3) is 27.4 Å². The molecule has 2 heterocycles. The van der Waals surface area contributed by atoms with Gasteiger partial charge in [0.15, 0.2) is 6.54 Å². The Kier molecular flexibility index (Phi) is 8.65. The normalized spacial score (nSPS) is 14.7. The van der Waals surface area contributed by atoms with Crippen molar-refractivity contribution in [2.45, 2.75) is 38.1 Å². The zero-order valence-corrected chi connectivity index (χ0v) is 25.2. The van der Waals surface area contributed by atoms with Crippen LogP contribution in [-0.4, -0.2) is 36.3 Å². The van der Waals surface area contributed by atoms with Crippen LogP contribution < -0.4 is 9.47 Å². The molecule has 1 aromatic heterocycles. The summed E-state index contributed by atoms with van der Waals surface area (Å²) in [6, 6.07) is 21.9. The summed E-state index contributed by atoms with van der Waals surface area (Å²) in [7, 11) is -4.10. The van der Waals surface area contributed by atoms with Gasteiger partial charge in [-0.2, -0.15) is 13.0 Å². The fourth-order valence-electron chi connectivity index (χ4n) is 4.89. The molecule has 7 nitrogen and oxygen atoms in total. The van der Waals surface area contributed by atoms with E-state index in [1.807, 2.05) is 22.8 Å². The first-order valence-corrected chi connectivity index (χ1v) is 16.6. The Labute approximate surface area is 248 Å². The number of carboxylic acids is 1. The number of carboxylic acid groups (broad SMARTS) is 1. The Balaban J connectivity index is 1.52. The minimum Gasteiger partial charge on any atom is -0.478 e. The predicted octanol–water partition coefficient (Wildman–Crippen LogP) is 7.10. The van der Waals surface area contributed by atoms with Crippen molar-refractivity contribution in [2.24, 2.45) is 0 Å². The Morgan fingerprint density at radius 1 is 1.02 bits per heavy atom. The topological polar surface area (TPSA) is 98.8 Å². The molecule has 0 atom stereocenters. The van der Waals surface area contributed by atoms with Crippen molar-refractivity contribution in [3.63, 3.8) is 0 Å². The van der Waals surface area contributed by atoms with Crippen molar-refractivity contribution in [3.8, 4) is 11.1 Å². The van der Waals surface area contributed by atoms with Crippen LogP contribution in [0.5, 0.6) is 0 Å². The number of anilines is 1. The van der Waals surface area contributed by atoms with Gasteiger partial charge in [0.25, 0.3) is 15.1 Å². The Morgan fingerprint density at radius 3 is 2.49 bits per heavy atom. The molecule has 5 rings (SSSR count). The number of aromatic nitrogens is 1. The standard InChI is InChI=1S/C31H30N2O5S3/c1-3-21(17-29-32(4-2)25-19-23(11-13-27(25)39-29)22-9-6-5-7-10-22)18-30-33(15-8-16-41(36,37)38)26-20-24(31(34)35)12-14-28(26)40-30/h5-7,9-14,17-20H,3-4,8,15-16H2,1-2H3,(H-,34,35,36,37,38)/p+1. The molecule has 2 N–H and O–H groups in total. The largest absolute Gasteiger partial charge is 0.478 e. The van der Waals surface area contributed by atoms with E-state index >= 15 is 0 Å². The van der Waals surface area contributed by atoms with E-state index in [-0.39, 0.29) is 17.7 Å². The predicted molar refractivity (Wildman–Crippen MR) is 167 cm³/mol. The summed E-state index contributed by atoms with van der Waals surface area (Å²) in [5.41, 5.74) is 5.52. The Morgan fingerprint density at radius 2 is 1.80 bits per heavy atom. The van der Waals surface area contributed by atoms with Crippen LogP contribution in [0.15, 0.2) is 88.3 Å². The second kappa shape index (κ2) is 12.2. The Hall–Kier alpha value is -3.44. The first-order valence-electron chi connectivity index (χ1n) is 13.4. The van der Waals surface area contributed by atoms with Crippen molar-refractivity contribution in [1.29, 1.82) is 0 Å². The third-order valence-electron chi connectivity index (χ3n) is 6.94. The molecule has 41 heavy (non-hydrogen) atoms. The molecule has 0 amide bonds. The smallest absolute Gasteiger partial charge is 0.335 e. The van der Waals surface area contributed by atoms with Gasteiger partial charge in [0.1, 0.15) is 4.70 Å². The molecular formula is C31H31N2O5S3+. The van der Waals surface area contributed by atoms with Gasteiger partial charge in [0.05, 0.1) is 22.0 Å². The molecular weight excluding hydrogens is 577 g/mol. The maximum atomic E-state index is 11.6. The second-order valence-electron chi connectivity index (χ2n) is 9.67. The fraction of sp³-hybridized carbons (Fsp3) is 0.226. The van der Waals surface area contributed by atoms with Crippen LogP contribution in [0.1, 0.15) is 42.1 Å². The number of hydrogen-bond acceptors (Lipinski definition) is 6. The minimum absolute atomic E-state index is 0.167. The fourth-order valence-corrected chi connectivity index (χ4v) is 7.71. The second-order valence-corrected chi connectivity index (χ2v) is 13.4. The van der Waals surface area contributed by atoms with Gasteiger partial charge in [-0.3, -0.25) is 4.55 Å². The molecule has 0 unspecified atom stereocenters. The summed E-state index contributed by atoms with van der Waals surface area (Å²) in [5.74, 6) is -1.39. The molecule has 4 aromatic rings. The zero-order valence-electron chi connectivity index (χ0n) is 22.8. The van der Waals surface area contributed by atoms with Crippen LogP contribution >= 0.6 is 23.1 Å². The average Bonchev–Trinajstić information content (AvgIpc) is 3.48. The number of aryl methyl sites for hydroxylation is 1. The summed E-state index contributed by atoms with van der Waals surface area (Å²) in [6.45, 7) is 5.38. The number of benzene rings is 3. The highest BCUT2D eigenvalue weighted by molar-refractivity contribution is 8.03. The quantitative estimate of drug-likeness (QED) is 0.147. The van der Waals surface area contributed by atoms with Gasteiger partial charge in [-0.25, -0.2) is 4.79 Å². The molecule has 1 aliphatic rings. The van der Waals surface area contributed by atoms with E-state index in [1.165, 1.54) is 33.0 Å². The van der Waals surface area contributed by atoms with Crippen molar-refractivity contribution in [2.75, 3.05) is 17.2 Å². The van der Waals surface area contributed by atoms with Crippen LogP contribution in [-0.2, 0) is 16.7 Å². The van der Waals surface area contributed by atoms with E-state index in [1.54, 1.807) is 30.0 Å². The molecule has 0 saturated carbocycles. The van der Waals surface area contributed by atoms with E-state index in [4.69, 9.17) is 0 Å². The average molecular weight is 608 g/mol. The SMILES string of the molecule is CCC(=Cc1sc2ccc(C(=O)O)cc2[n+]1CCCS(=O)(=O)O)C=C1Sc2ccc(-c3ccccc3)cc2N1CC. The molecule has 1 aliphatic heterocycles. The lowest BCUT2D eigenvalue weighted by Gasteiger charge is -2.19. The number of thiazole rings is 1. The summed E-state index contributed by atoms with van der Waals surface area (Å²) in [6.07, 6.45) is 5.27. The van der Waals surface area contributed by atoms with Crippen LogP contribution in [0.4, 0.5) is 5.69 Å². The number of carbonyl (C=O) groups is 1. The van der Waals surface area contributed by atoms with Crippen LogP contribution in [0.2, 0.25) is 0 Å². The maximum absolute atomic E-state index is 11.6. The lowest BCUT2D eigenvalue weighted by atomic mass is 10.0. The highest BCUT2D eigenvalue weighted by Crippen LogP contribution is 2.47. The van der Waals surface area contributed by atoms with Gasteiger partial charge < -0.3 is 10.0 Å². The highest BCUT2D eigenvalue weighted by Gasteiger charge is 2.26. The van der Waals surface area contributed by atoms with Crippen molar-refractivity contribution < 1.29 is 27.4 Å². The number of aromatic carboxylic acids is 1. The van der Waals surface area contributed by atoms with E-state index < -0.39 is 16.1 Å². The van der Waals surface area contributed by atoms with Crippen molar-refractivity contribution >= 4 is 61.2 Å².